The van der Waals surface area contributed by atoms with Gasteiger partial charge in [0.25, 0.3) is 0 Å². The van der Waals surface area contributed by atoms with Crippen LogP contribution in [0, 0.1) is 0 Å². The van der Waals surface area contributed by atoms with E-state index in [9.17, 15) is 0 Å². The van der Waals surface area contributed by atoms with Crippen LogP contribution in [0.5, 0.6) is 0 Å². The maximum Gasteiger partial charge on any atom is 2.00 e. The van der Waals surface area contributed by atoms with E-state index in [1.807, 2.05) is 0 Å². The van der Waals surface area contributed by atoms with Gasteiger partial charge in [-0.25, -0.2) is 0 Å². The van der Waals surface area contributed by atoms with E-state index in [4.69, 9.17) is 17.5 Å². The van der Waals surface area contributed by atoms with Crippen LogP contribution in [-0.2, 0) is 29.9 Å². The first-order valence-electron chi connectivity index (χ1n) is 0.667. The third-order valence-corrected chi connectivity index (χ3v) is 0. The van der Waals surface area contributed by atoms with Gasteiger partial charge < -0.3 is 9.11 Å². The second-order valence-electron chi connectivity index (χ2n) is 0.408. The Morgan fingerprint density at radius 3 is 1.14 bits per heavy atom. The number of hydrogen-bond acceptors (Lipinski definition) is 4. The molecule has 0 aromatic heterocycles. The molecule has 0 saturated carbocycles. The van der Waals surface area contributed by atoms with Crippen LogP contribution in [0.2, 0.25) is 0 Å². The Kier molecular flexibility index (Phi) is 11.6. The first-order valence-corrected chi connectivity index (χ1v) is 2.00. The van der Waals surface area contributed by atoms with Gasteiger partial charge in [0.1, 0.15) is 0 Å². The van der Waals surface area contributed by atoms with E-state index in [0.717, 1.165) is 0 Å². The Labute approximate surface area is 65.3 Å². The van der Waals surface area contributed by atoms with Crippen LogP contribution in [0.3, 0.4) is 0 Å². The SMILES string of the molecule is O=S(=O)([O-])[O-].[AsH3].[Zn+2]. The summed E-state index contributed by atoms with van der Waals surface area (Å²) in [5, 5.41) is 0. The Bertz CT molecular complexity index is 94.9. The van der Waals surface area contributed by atoms with E-state index in [2.05, 4.69) is 0 Å². The maximum absolute atomic E-state index is 8.52. The first-order chi connectivity index (χ1) is 2.00. The molecule has 0 amide bonds. The van der Waals surface area contributed by atoms with E-state index in [0.29, 0.717) is 0 Å². The standard InChI is InChI=1S/AsH3.H2O4S.Zn/c;1-5(2,3)4;/h1H3;(H2,1,2,3,4);/q;;+2/p-2. The average molecular weight is 239 g/mol. The summed E-state index contributed by atoms with van der Waals surface area (Å²) in [6.07, 6.45) is 0. The molecule has 0 fully saturated rings. The van der Waals surface area contributed by atoms with Gasteiger partial charge in [0.15, 0.2) is 0 Å². The minimum Gasteiger partial charge on any atom is 2.00 e. The predicted octanol–water partition coefficient (Wildman–Crippen LogP) is -2.52. The van der Waals surface area contributed by atoms with Crippen LogP contribution in [0.25, 0.3) is 0 Å². The van der Waals surface area contributed by atoms with Crippen molar-refractivity contribution in [3.63, 3.8) is 0 Å². The largest absolute Gasteiger partial charge is 2.00 e. The quantitative estimate of drug-likeness (QED) is 0.265. The monoisotopic (exact) mass is 238 g/mol. The van der Waals surface area contributed by atoms with Gasteiger partial charge in [-0.2, -0.15) is 0 Å². The van der Waals surface area contributed by atoms with E-state index in [-0.39, 0.29) is 37.4 Å². The Morgan fingerprint density at radius 1 is 1.14 bits per heavy atom. The molecule has 0 radical (unpaired) electrons. The fourth-order valence-corrected chi connectivity index (χ4v) is 0. The van der Waals surface area contributed by atoms with Crippen LogP contribution in [0.4, 0.5) is 0 Å². The molecule has 0 spiro atoms. The molecule has 1 atom stereocenters. The molecule has 0 aromatic carbocycles. The van der Waals surface area contributed by atoms with Crippen molar-refractivity contribution in [3.8, 4) is 0 Å². The van der Waals surface area contributed by atoms with E-state index < -0.39 is 10.4 Å². The second kappa shape index (κ2) is 5.19. The normalized spacial score (nSPS) is 8.29. The molecule has 4 nitrogen and oxygen atoms in total. The third kappa shape index (κ3) is 163. The molecule has 0 N–H and O–H groups in total. The summed E-state index contributed by atoms with van der Waals surface area (Å²) >= 11 is 0. The first kappa shape index (κ1) is 15.7. The van der Waals surface area contributed by atoms with Gasteiger partial charge in [0.2, 0.25) is 0 Å². The molecule has 0 aliphatic carbocycles. The van der Waals surface area contributed by atoms with E-state index >= 15 is 0 Å². The number of hydrogen-bond donors (Lipinski definition) is 0. The van der Waals surface area contributed by atoms with Crippen LogP contribution in [-0.4, -0.2) is 35.5 Å². The van der Waals surface area contributed by atoms with Crippen LogP contribution in [0.1, 0.15) is 0 Å². The average Bonchev–Trinajstić information content (AvgIpc) is 0.722. The molecule has 0 aromatic rings. The summed E-state index contributed by atoms with van der Waals surface area (Å²) in [5.74, 6) is 0. The van der Waals surface area contributed by atoms with Crippen molar-refractivity contribution >= 4 is 28.4 Å². The molecule has 0 rings (SSSR count). The summed E-state index contributed by atoms with van der Waals surface area (Å²) in [4.78, 5) is 0. The Hall–Kier alpha value is 1.05. The molecule has 7 heavy (non-hydrogen) atoms. The fourth-order valence-electron chi connectivity index (χ4n) is 0. The third-order valence-electron chi connectivity index (χ3n) is 0. The molecular formula is H3AsO4SZn. The van der Waals surface area contributed by atoms with E-state index in [1.165, 1.54) is 0 Å². The molecule has 40 valence electrons. The van der Waals surface area contributed by atoms with Crippen molar-refractivity contribution < 1.29 is 37.0 Å². The van der Waals surface area contributed by atoms with Crippen molar-refractivity contribution in [1.82, 2.24) is 0 Å². The molecule has 0 saturated heterocycles. The van der Waals surface area contributed by atoms with Crippen LogP contribution < -0.4 is 0 Å². The zero-order chi connectivity index (χ0) is 4.50. The summed E-state index contributed by atoms with van der Waals surface area (Å²) in [6, 6.07) is 0. The second-order valence-corrected chi connectivity index (χ2v) is 1.22. The van der Waals surface area contributed by atoms with Gasteiger partial charge in [-0.1, -0.05) is 0 Å². The summed E-state index contributed by atoms with van der Waals surface area (Å²) in [7, 11) is -5.17. The summed E-state index contributed by atoms with van der Waals surface area (Å²) < 4.78 is 34.1. The zero-order valence-electron chi connectivity index (χ0n) is 3.46. The van der Waals surface area contributed by atoms with Gasteiger partial charge in [-0.05, 0) is 0 Å². The minimum absolute atomic E-state index is 0. The summed E-state index contributed by atoms with van der Waals surface area (Å²) in [6.45, 7) is 0. The van der Waals surface area contributed by atoms with Gasteiger partial charge in [0.05, 0.1) is 0 Å². The van der Waals surface area contributed by atoms with Crippen molar-refractivity contribution in [3.05, 3.63) is 0 Å². The van der Waals surface area contributed by atoms with Crippen LogP contribution in [0.15, 0.2) is 0 Å². The van der Waals surface area contributed by atoms with Crippen LogP contribution >= 0.6 is 0 Å². The van der Waals surface area contributed by atoms with Crippen molar-refractivity contribution in [2.24, 2.45) is 0 Å². The molecule has 0 aliphatic rings. The van der Waals surface area contributed by atoms with Gasteiger partial charge >= 0.3 is 37.4 Å². The van der Waals surface area contributed by atoms with Gasteiger partial charge in [0, 0.05) is 10.4 Å². The van der Waals surface area contributed by atoms with Crippen molar-refractivity contribution in [2.75, 3.05) is 0 Å². The Balaban J connectivity index is -0.0000000800. The molecule has 0 heterocycles. The molecule has 0 bridgehead atoms. The molecular weight excluding hydrogens is 236 g/mol. The van der Waals surface area contributed by atoms with Gasteiger partial charge in [-0.3, -0.25) is 8.42 Å². The fraction of sp³-hybridized carbons (Fsp3) is 0. The smallest absolute Gasteiger partial charge is 2.00 e. The molecule has 0 aliphatic heterocycles. The summed E-state index contributed by atoms with van der Waals surface area (Å²) in [5.41, 5.74) is 0. The number of rotatable bonds is 0. The minimum atomic E-state index is -5.17. The zero-order valence-corrected chi connectivity index (χ0v) is 10.2. The topological polar surface area (TPSA) is 80.3 Å². The van der Waals surface area contributed by atoms with E-state index in [1.54, 1.807) is 0 Å². The van der Waals surface area contributed by atoms with Gasteiger partial charge in [-0.15, -0.1) is 0 Å². The molecule has 7 heteroatoms. The Morgan fingerprint density at radius 2 is 1.14 bits per heavy atom. The van der Waals surface area contributed by atoms with Crippen molar-refractivity contribution in [1.29, 1.82) is 0 Å². The predicted molar refractivity (Wildman–Crippen MR) is 20.4 cm³/mol. The molecule has 1 unspecified atom stereocenters. The van der Waals surface area contributed by atoms with Crippen molar-refractivity contribution in [2.45, 2.75) is 0 Å². The maximum atomic E-state index is 8.52.